The zero-order valence-corrected chi connectivity index (χ0v) is 12.9. The number of hydrogen-bond donors (Lipinski definition) is 1. The first-order chi connectivity index (χ1) is 9.79. The van der Waals surface area contributed by atoms with Crippen LogP contribution in [0.4, 0.5) is 0 Å². The van der Waals surface area contributed by atoms with Crippen molar-refractivity contribution in [2.45, 2.75) is 57.4 Å². The molecule has 0 aromatic rings. The Hall–Kier alpha value is -0.610. The molecule has 0 radical (unpaired) electrons. The predicted octanol–water partition coefficient (Wildman–Crippen LogP) is 2.18. The van der Waals surface area contributed by atoms with E-state index >= 15 is 0 Å². The van der Waals surface area contributed by atoms with Crippen LogP contribution in [0.3, 0.4) is 0 Å². The lowest BCUT2D eigenvalue weighted by Crippen LogP contribution is -2.45. The monoisotopic (exact) mass is 282 g/mol. The predicted molar refractivity (Wildman–Crippen MR) is 80.7 cm³/mol. The Morgan fingerprint density at radius 1 is 1.20 bits per heavy atom. The summed E-state index contributed by atoms with van der Waals surface area (Å²) in [5.74, 6) is 1.05. The molecule has 0 spiro atoms. The van der Waals surface area contributed by atoms with Gasteiger partial charge < -0.3 is 10.1 Å². The number of carbonyl (C=O) groups excluding carboxylic acids is 1. The van der Waals surface area contributed by atoms with Crippen molar-refractivity contribution in [3.63, 3.8) is 0 Å². The van der Waals surface area contributed by atoms with Crippen LogP contribution < -0.4 is 5.32 Å². The van der Waals surface area contributed by atoms with E-state index in [2.05, 4.69) is 10.2 Å². The van der Waals surface area contributed by atoms with E-state index in [0.717, 1.165) is 25.4 Å². The number of nitrogens with one attached hydrogen (secondary N) is 1. The van der Waals surface area contributed by atoms with Gasteiger partial charge in [0, 0.05) is 32.8 Å². The number of carbonyl (C=O) groups is 1. The molecule has 1 amide bonds. The van der Waals surface area contributed by atoms with E-state index in [1.165, 1.54) is 44.9 Å². The fourth-order valence-electron chi connectivity index (χ4n) is 3.11. The van der Waals surface area contributed by atoms with Crippen LogP contribution in [0.5, 0.6) is 0 Å². The first-order valence-electron chi connectivity index (χ1n) is 8.29. The number of ether oxygens (including phenoxy) is 1. The molecular formula is C16H30N2O2. The van der Waals surface area contributed by atoms with Crippen molar-refractivity contribution in [3.05, 3.63) is 0 Å². The summed E-state index contributed by atoms with van der Waals surface area (Å²) < 4.78 is 5.00. The Morgan fingerprint density at radius 3 is 2.60 bits per heavy atom. The Morgan fingerprint density at radius 2 is 1.95 bits per heavy atom. The van der Waals surface area contributed by atoms with E-state index in [1.807, 2.05) is 0 Å². The summed E-state index contributed by atoms with van der Waals surface area (Å²) in [7, 11) is 1.70. The molecule has 4 nitrogen and oxygen atoms in total. The minimum absolute atomic E-state index is 0.187. The SMILES string of the molecule is COCCCNC(=O)CN(CC1CC1)C1CCCCC1. The molecule has 0 aromatic carbocycles. The Kier molecular flexibility index (Phi) is 6.80. The van der Waals surface area contributed by atoms with E-state index < -0.39 is 0 Å². The van der Waals surface area contributed by atoms with Crippen molar-refractivity contribution in [1.29, 1.82) is 0 Å². The molecule has 0 bridgehead atoms. The highest BCUT2D eigenvalue weighted by Crippen LogP contribution is 2.32. The van der Waals surface area contributed by atoms with Gasteiger partial charge in [-0.3, -0.25) is 9.69 Å². The van der Waals surface area contributed by atoms with E-state index in [4.69, 9.17) is 4.74 Å². The lowest BCUT2D eigenvalue weighted by molar-refractivity contribution is -0.123. The van der Waals surface area contributed by atoms with Gasteiger partial charge in [0.25, 0.3) is 0 Å². The maximum atomic E-state index is 12.1. The summed E-state index contributed by atoms with van der Waals surface area (Å²) in [6.07, 6.45) is 10.2. The minimum Gasteiger partial charge on any atom is -0.385 e. The number of rotatable bonds is 9. The third-order valence-corrected chi connectivity index (χ3v) is 4.47. The molecule has 2 saturated carbocycles. The molecule has 116 valence electrons. The second kappa shape index (κ2) is 8.63. The molecule has 20 heavy (non-hydrogen) atoms. The van der Waals surface area contributed by atoms with Gasteiger partial charge in [0.15, 0.2) is 0 Å². The highest BCUT2D eigenvalue weighted by molar-refractivity contribution is 5.78. The largest absolute Gasteiger partial charge is 0.385 e. The van der Waals surface area contributed by atoms with Crippen LogP contribution in [0.25, 0.3) is 0 Å². The average molecular weight is 282 g/mol. The second-order valence-corrected chi connectivity index (χ2v) is 6.36. The second-order valence-electron chi connectivity index (χ2n) is 6.36. The van der Waals surface area contributed by atoms with Crippen molar-refractivity contribution in [2.24, 2.45) is 5.92 Å². The van der Waals surface area contributed by atoms with Crippen LogP contribution in [0, 0.1) is 5.92 Å². The summed E-state index contributed by atoms with van der Waals surface area (Å²) in [5.41, 5.74) is 0. The van der Waals surface area contributed by atoms with Crippen molar-refractivity contribution < 1.29 is 9.53 Å². The van der Waals surface area contributed by atoms with Crippen LogP contribution in [0.15, 0.2) is 0 Å². The Balaban J connectivity index is 1.72. The number of methoxy groups -OCH3 is 1. The molecule has 0 aliphatic heterocycles. The standard InChI is InChI=1S/C16H30N2O2/c1-20-11-5-10-17-16(19)13-18(12-14-8-9-14)15-6-3-2-4-7-15/h14-15H,2-13H2,1H3,(H,17,19). The zero-order chi connectivity index (χ0) is 14.2. The highest BCUT2D eigenvalue weighted by atomic mass is 16.5. The molecule has 0 atom stereocenters. The molecule has 2 rings (SSSR count). The molecule has 0 heterocycles. The van der Waals surface area contributed by atoms with Crippen LogP contribution in [-0.2, 0) is 9.53 Å². The summed E-state index contributed by atoms with van der Waals surface area (Å²) >= 11 is 0. The molecule has 4 heteroatoms. The number of amides is 1. The van der Waals surface area contributed by atoms with Crippen LogP contribution in [0.2, 0.25) is 0 Å². The molecule has 0 unspecified atom stereocenters. The minimum atomic E-state index is 0.187. The first-order valence-corrected chi connectivity index (χ1v) is 8.29. The fraction of sp³-hybridized carbons (Fsp3) is 0.938. The molecule has 2 aliphatic carbocycles. The summed E-state index contributed by atoms with van der Waals surface area (Å²) in [4.78, 5) is 14.5. The molecular weight excluding hydrogens is 252 g/mol. The summed E-state index contributed by atoms with van der Waals surface area (Å²) in [6.45, 7) is 3.17. The lowest BCUT2D eigenvalue weighted by Gasteiger charge is -2.34. The normalized spacial score (nSPS) is 20.3. The fourth-order valence-corrected chi connectivity index (χ4v) is 3.11. The topological polar surface area (TPSA) is 41.6 Å². The van der Waals surface area contributed by atoms with E-state index in [-0.39, 0.29) is 5.91 Å². The van der Waals surface area contributed by atoms with Crippen LogP contribution in [0.1, 0.15) is 51.4 Å². The highest BCUT2D eigenvalue weighted by Gasteiger charge is 2.29. The van der Waals surface area contributed by atoms with Gasteiger partial charge in [-0.2, -0.15) is 0 Å². The van der Waals surface area contributed by atoms with Gasteiger partial charge in [-0.15, -0.1) is 0 Å². The van der Waals surface area contributed by atoms with Gasteiger partial charge in [-0.1, -0.05) is 19.3 Å². The Bertz CT molecular complexity index is 286. The average Bonchev–Trinajstić information content (AvgIpc) is 3.28. The van der Waals surface area contributed by atoms with Crippen LogP contribution in [-0.4, -0.2) is 50.2 Å². The van der Waals surface area contributed by atoms with Gasteiger partial charge >= 0.3 is 0 Å². The van der Waals surface area contributed by atoms with Crippen molar-refractivity contribution in [2.75, 3.05) is 33.4 Å². The van der Waals surface area contributed by atoms with Crippen molar-refractivity contribution >= 4 is 5.91 Å². The van der Waals surface area contributed by atoms with Crippen molar-refractivity contribution in [1.82, 2.24) is 10.2 Å². The third-order valence-electron chi connectivity index (χ3n) is 4.47. The number of nitrogens with zero attached hydrogens (tertiary/aromatic N) is 1. The molecule has 2 aliphatic rings. The van der Waals surface area contributed by atoms with Gasteiger partial charge in [0.2, 0.25) is 5.91 Å². The lowest BCUT2D eigenvalue weighted by atomic mass is 9.94. The summed E-state index contributed by atoms with van der Waals surface area (Å²) in [6, 6.07) is 0.647. The molecule has 1 N–H and O–H groups in total. The molecule has 0 saturated heterocycles. The maximum Gasteiger partial charge on any atom is 0.234 e. The number of hydrogen-bond acceptors (Lipinski definition) is 3. The smallest absolute Gasteiger partial charge is 0.234 e. The Labute approximate surface area is 123 Å². The van der Waals surface area contributed by atoms with Crippen molar-refractivity contribution in [3.8, 4) is 0 Å². The first kappa shape index (κ1) is 15.8. The third kappa shape index (κ3) is 5.80. The quantitative estimate of drug-likeness (QED) is 0.659. The van der Waals surface area contributed by atoms with E-state index in [9.17, 15) is 4.79 Å². The van der Waals surface area contributed by atoms with Crippen LogP contribution >= 0.6 is 0 Å². The van der Waals surface area contributed by atoms with Gasteiger partial charge in [-0.05, 0) is 38.0 Å². The van der Waals surface area contributed by atoms with Gasteiger partial charge in [0.1, 0.15) is 0 Å². The molecule has 0 aromatic heterocycles. The van der Waals surface area contributed by atoms with E-state index in [0.29, 0.717) is 19.2 Å². The van der Waals surface area contributed by atoms with Gasteiger partial charge in [0.05, 0.1) is 6.54 Å². The van der Waals surface area contributed by atoms with Gasteiger partial charge in [-0.25, -0.2) is 0 Å². The zero-order valence-electron chi connectivity index (χ0n) is 12.9. The molecule has 2 fully saturated rings. The maximum absolute atomic E-state index is 12.1. The summed E-state index contributed by atoms with van der Waals surface area (Å²) in [5, 5.41) is 3.02. The van der Waals surface area contributed by atoms with E-state index in [1.54, 1.807) is 7.11 Å².